The van der Waals surface area contributed by atoms with Crippen molar-refractivity contribution >= 4 is 90.0 Å². The van der Waals surface area contributed by atoms with Crippen LogP contribution in [-0.4, -0.2) is 62.8 Å². The van der Waals surface area contributed by atoms with Crippen LogP contribution in [-0.2, 0) is 167 Å². The van der Waals surface area contributed by atoms with E-state index in [4.69, 9.17) is 5.48 Å². The smallest absolute Gasteiger partial charge is 0 e. The molecule has 0 aromatic carbocycles. The van der Waals surface area contributed by atoms with Crippen LogP contribution in [0.15, 0.2) is 0 Å². The Labute approximate surface area is 316 Å². The topological polar surface area (TPSA) is 0 Å². The third-order valence-electron chi connectivity index (χ3n) is 0.500. The first kappa shape index (κ1) is 92.1. The molecule has 0 spiro atoms. The minimum atomic E-state index is 0. The van der Waals surface area contributed by atoms with Crippen molar-refractivity contribution in [3.63, 3.8) is 0 Å². The minimum Gasteiger partial charge on any atom is -0.652 e. The monoisotopic (exact) mass is 830 g/mol. The SMILES string of the molecule is CSSC.CSSC.CSSC.[3H][CH-][3H].[3H][CH2-].[3H][CH2-].[BH-].[BH-].[BH-].[V].[V].[V].[V].[V].[V].[V].[V].[V]. The van der Waals surface area contributed by atoms with E-state index < -0.39 is 0 Å². The van der Waals surface area contributed by atoms with Crippen LogP contribution in [0.4, 0.5) is 0 Å². The molecule has 0 nitrogen and oxygen atoms in total. The average Bonchev–Trinajstić information content (AvgIpc) is 2.52. The van der Waals surface area contributed by atoms with Gasteiger partial charge in [-0.15, -0.1) is 0 Å². The van der Waals surface area contributed by atoms with Gasteiger partial charge in [-0.05, 0) is 37.5 Å². The van der Waals surface area contributed by atoms with Crippen molar-refractivity contribution in [1.82, 2.24) is 0 Å². The summed E-state index contributed by atoms with van der Waals surface area (Å²) < 4.78 is 22.5. The van der Waals surface area contributed by atoms with E-state index in [2.05, 4.69) is 52.3 Å². The predicted octanol–water partition coefficient (Wildman–Crippen LogP) is 4.27. The Bertz CT molecular complexity index is 92.0. The summed E-state index contributed by atoms with van der Waals surface area (Å²) in [4.78, 5) is 0. The van der Waals surface area contributed by atoms with Crippen LogP contribution in [0.3, 0.4) is 0 Å². The maximum absolute atomic E-state index is 5.75. The summed E-state index contributed by atoms with van der Waals surface area (Å²) in [6.45, 7) is 0. The standard InChI is InChI=1S/3C2H6S2.3CH3.3BH.9V/c3*1-3-4-2;;;;;;;;;;;;;;;/h3*1-2H3;3*1H3;3*1H;;;;;;;;;/q;;;6*-1;;;;;;;;;/i;;;1T2;2*1T;;;;;;;;;;;;. The molecule has 0 N–H and O–H groups in total. The average molecular weight is 830 g/mol. The van der Waals surface area contributed by atoms with E-state index in [-0.39, 0.29) is 192 Å². The van der Waals surface area contributed by atoms with Crippen molar-refractivity contribution in [3.8, 4) is 0 Å². The fourth-order valence-corrected chi connectivity index (χ4v) is 0. The fourth-order valence-electron chi connectivity index (χ4n) is 0. The Morgan fingerprint density at radius 1 is 0.407 bits per heavy atom. The molecule has 0 atom stereocenters. The van der Waals surface area contributed by atoms with Crippen LogP contribution in [0, 0.1) is 22.2 Å². The van der Waals surface area contributed by atoms with Gasteiger partial charge >= 0.3 is 0 Å². The molecule has 0 rings (SSSR count). The first-order chi connectivity index (χ1) is 9.16. The normalized spacial score (nSPS) is 4.59. The second kappa shape index (κ2) is 194. The van der Waals surface area contributed by atoms with Crippen LogP contribution < -0.4 is 0 Å². The van der Waals surface area contributed by atoms with Gasteiger partial charge in [0.05, 0.1) is 0 Å². The number of hydrogen-bond donors (Lipinski definition) is 0. The zero-order chi connectivity index (χ0) is 16.9. The summed E-state index contributed by atoms with van der Waals surface area (Å²) >= 11 is 0. The van der Waals surface area contributed by atoms with Crippen molar-refractivity contribution in [1.29, 1.82) is 0 Å². The Morgan fingerprint density at radius 2 is 0.444 bits per heavy atom. The van der Waals surface area contributed by atoms with E-state index >= 15 is 0 Å². The largest absolute Gasteiger partial charge is 0.652 e. The maximum Gasteiger partial charge on any atom is 0 e. The van der Waals surface area contributed by atoms with Crippen LogP contribution >= 0.6 is 64.8 Å². The van der Waals surface area contributed by atoms with Gasteiger partial charge in [-0.3, -0.25) is 0 Å². The minimum absolute atomic E-state index is 0. The van der Waals surface area contributed by atoms with Gasteiger partial charge < -0.3 is 47.4 Å². The summed E-state index contributed by atoms with van der Waals surface area (Å²) in [5.41, 5.74) is 0. The number of hydrogen-bond acceptors (Lipinski definition) is 6. The van der Waals surface area contributed by atoms with Gasteiger partial charge in [0.1, 0.15) is 0 Å². The van der Waals surface area contributed by atoms with Crippen molar-refractivity contribution in [2.24, 2.45) is 0 Å². The molecule has 0 amide bonds. The van der Waals surface area contributed by atoms with Gasteiger partial charge in [0, 0.05) is 167 Å². The van der Waals surface area contributed by atoms with E-state index in [1.54, 1.807) is 64.8 Å². The molecule has 0 saturated heterocycles. The second-order valence-electron chi connectivity index (χ2n) is 1.00. The van der Waals surface area contributed by atoms with Gasteiger partial charge in [0.25, 0.3) is 0 Å². The van der Waals surface area contributed by atoms with E-state index in [1.165, 1.54) is 0 Å². The molecule has 18 heteroatoms. The van der Waals surface area contributed by atoms with E-state index in [0.29, 0.717) is 7.38 Å². The zero-order valence-corrected chi connectivity index (χ0v) is 34.1. The van der Waals surface area contributed by atoms with E-state index in [1.807, 2.05) is 0 Å². The maximum atomic E-state index is 5.75. The molecule has 0 aromatic rings. The zero-order valence-electron chi connectivity index (χ0n) is 20.6. The van der Waals surface area contributed by atoms with E-state index in [0.717, 1.165) is 0 Å². The van der Waals surface area contributed by atoms with Crippen LogP contribution in [0.25, 0.3) is 0 Å². The van der Waals surface area contributed by atoms with Crippen molar-refractivity contribution < 1.29 is 172 Å². The fraction of sp³-hybridized carbons (Fsp3) is 0.667. The molecular weight excluding hydrogens is 791 g/mol. The van der Waals surface area contributed by atoms with Crippen LogP contribution in [0.1, 0.15) is 5.48 Å². The molecule has 27 heavy (non-hydrogen) atoms. The molecule has 162 valence electrons. The summed E-state index contributed by atoms with van der Waals surface area (Å²) in [6, 6.07) is 0. The summed E-state index contributed by atoms with van der Waals surface area (Å²) in [6.07, 6.45) is 12.4. The van der Waals surface area contributed by atoms with Crippen molar-refractivity contribution in [3.05, 3.63) is 22.2 Å². The summed E-state index contributed by atoms with van der Waals surface area (Å²) in [7, 11) is 16.1. The van der Waals surface area contributed by atoms with Crippen molar-refractivity contribution in [2.45, 2.75) is 0 Å². The molecule has 0 aliphatic heterocycles. The Balaban J connectivity index is -0.00000000385. The summed E-state index contributed by atoms with van der Waals surface area (Å²) in [5.74, 6) is 0. The van der Waals surface area contributed by atoms with Gasteiger partial charge in [-0.25, -0.2) is 5.48 Å². The van der Waals surface area contributed by atoms with Gasteiger partial charge in [-0.2, -0.15) is 0 Å². The summed E-state index contributed by atoms with van der Waals surface area (Å²) in [5, 5.41) is 0. The quantitative estimate of drug-likeness (QED) is 0.236. The first-order valence-corrected chi connectivity index (χ1v) is 11.8. The Kier molecular flexibility index (Phi) is 660. The molecule has 0 unspecified atom stereocenters. The number of rotatable bonds is 3. The molecule has 0 heterocycles. The Hall–Kier alpha value is 7.55. The second-order valence-corrected chi connectivity index (χ2v) is 9.00. The molecule has 0 bridgehead atoms. The van der Waals surface area contributed by atoms with E-state index in [9.17, 15) is 0 Å². The molecular formula is C9H30B3S6V9-6. The third kappa shape index (κ3) is 300. The molecule has 0 saturated carbocycles. The van der Waals surface area contributed by atoms with Crippen LogP contribution in [0.2, 0.25) is 0 Å². The predicted molar refractivity (Wildman–Crippen MR) is 122 cm³/mol. The first-order valence-electron chi connectivity index (χ1n) is 5.52. The molecule has 18 radical (unpaired) electrons. The van der Waals surface area contributed by atoms with Gasteiger partial charge in [0.2, 0.25) is 0 Å². The Morgan fingerprint density at radius 3 is 0.444 bits per heavy atom. The van der Waals surface area contributed by atoms with Crippen LogP contribution in [0.5, 0.6) is 0 Å². The van der Waals surface area contributed by atoms with Gasteiger partial charge in [-0.1, -0.05) is 64.8 Å². The molecule has 0 aromatic heterocycles. The third-order valence-corrected chi connectivity index (χ3v) is 4.50. The molecule has 0 aliphatic carbocycles. The molecule has 0 fully saturated rings. The van der Waals surface area contributed by atoms with Crippen molar-refractivity contribution in [2.75, 3.05) is 37.5 Å². The molecule has 0 aliphatic rings. The van der Waals surface area contributed by atoms with Gasteiger partial charge in [0.15, 0.2) is 0 Å².